The third-order valence-electron chi connectivity index (χ3n) is 6.61. The average molecular weight is 551 g/mol. The summed E-state index contributed by atoms with van der Waals surface area (Å²) in [7, 11) is 0.0623. The lowest BCUT2D eigenvalue weighted by molar-refractivity contribution is 0.243. The Bertz CT molecular complexity index is 1390. The molecule has 0 saturated carbocycles. The number of aromatic nitrogens is 2. The molecule has 0 spiro atoms. The van der Waals surface area contributed by atoms with Gasteiger partial charge in [0.25, 0.3) is 0 Å². The van der Waals surface area contributed by atoms with Crippen LogP contribution < -0.4 is 25.9 Å². The highest BCUT2D eigenvalue weighted by Crippen LogP contribution is 2.37. The van der Waals surface area contributed by atoms with Crippen molar-refractivity contribution in [2.24, 2.45) is 0 Å². The average Bonchev–Trinajstić information content (AvgIpc) is 2.88. The van der Waals surface area contributed by atoms with Crippen LogP contribution in [0, 0.1) is 6.92 Å². The molecule has 4 rings (SSSR count). The lowest BCUT2D eigenvalue weighted by Crippen LogP contribution is -2.27. The Morgan fingerprint density at radius 1 is 1.05 bits per heavy atom. The number of nitrogens with zero attached hydrogens (tertiary/aromatic N) is 2. The molecule has 1 aromatic heterocycles. The van der Waals surface area contributed by atoms with E-state index in [-0.39, 0.29) is 11.0 Å². The molecule has 0 amide bonds. The summed E-state index contributed by atoms with van der Waals surface area (Å²) < 4.78 is 32.0. The van der Waals surface area contributed by atoms with Gasteiger partial charge in [-0.2, -0.15) is 4.98 Å². The Kier molecular flexibility index (Phi) is 8.74. The fourth-order valence-corrected chi connectivity index (χ4v) is 5.97. The van der Waals surface area contributed by atoms with Crippen molar-refractivity contribution in [3.63, 3.8) is 0 Å². The fourth-order valence-electron chi connectivity index (χ4n) is 4.58. The third-order valence-corrected chi connectivity index (χ3v) is 9.19. The molecule has 3 N–H and O–H groups in total. The van der Waals surface area contributed by atoms with Gasteiger partial charge in [-0.1, -0.05) is 12.1 Å². The molecule has 3 radical (unpaired) electrons. The zero-order valence-corrected chi connectivity index (χ0v) is 24.4. The van der Waals surface area contributed by atoms with Crippen molar-refractivity contribution < 1.29 is 13.2 Å². The summed E-state index contributed by atoms with van der Waals surface area (Å²) in [5, 5.41) is 9.99. The lowest BCUT2D eigenvalue weighted by Gasteiger charge is -2.26. The van der Waals surface area contributed by atoms with Crippen LogP contribution in [-0.4, -0.2) is 53.1 Å². The first kappa shape index (κ1) is 28.1. The van der Waals surface area contributed by atoms with E-state index in [4.69, 9.17) is 4.74 Å². The van der Waals surface area contributed by atoms with Crippen LogP contribution in [0.25, 0.3) is 0 Å². The fraction of sp³-hybridized carbons (Fsp3) is 0.429. The summed E-state index contributed by atoms with van der Waals surface area (Å²) in [6, 6.07) is 11.1. The summed E-state index contributed by atoms with van der Waals surface area (Å²) >= 11 is 0. The first-order valence-corrected chi connectivity index (χ1v) is 15.1. The van der Waals surface area contributed by atoms with Crippen molar-refractivity contribution in [2.45, 2.75) is 69.6 Å². The molecule has 1 aliphatic rings. The van der Waals surface area contributed by atoms with E-state index in [1.165, 1.54) is 11.1 Å². The van der Waals surface area contributed by atoms with Gasteiger partial charge in [0.2, 0.25) is 5.95 Å². The van der Waals surface area contributed by atoms with E-state index in [1.54, 1.807) is 44.3 Å². The quantitative estimate of drug-likeness (QED) is 0.335. The molecule has 0 aliphatic carbocycles. The Labute approximate surface area is 229 Å². The smallest absolute Gasteiger partial charge is 0.229 e. The monoisotopic (exact) mass is 550 g/mol. The zero-order valence-electron chi connectivity index (χ0n) is 22.6. The van der Waals surface area contributed by atoms with Crippen molar-refractivity contribution in [3.8, 4) is 5.75 Å². The molecule has 1 saturated heterocycles. The normalized spacial score (nSPS) is 14.6. The SMILES string of the molecule is Cc1cc(Nc2ncc([Si])c(Nc3ccccc3S(=O)(=O)C(C)C)n2)c(OC(C)C)cc1C1CCNCC1. The second-order valence-corrected chi connectivity index (χ2v) is 13.2. The molecule has 0 atom stereocenters. The minimum atomic E-state index is -3.49. The maximum absolute atomic E-state index is 12.9. The van der Waals surface area contributed by atoms with E-state index in [1.807, 2.05) is 13.8 Å². The van der Waals surface area contributed by atoms with Crippen LogP contribution in [-0.2, 0) is 9.84 Å². The van der Waals surface area contributed by atoms with E-state index in [0.29, 0.717) is 28.6 Å². The Balaban J connectivity index is 1.66. The van der Waals surface area contributed by atoms with Crippen LogP contribution in [0.3, 0.4) is 0 Å². The van der Waals surface area contributed by atoms with Gasteiger partial charge in [0.05, 0.1) is 37.9 Å². The van der Waals surface area contributed by atoms with Crippen LogP contribution in [0.15, 0.2) is 47.5 Å². The van der Waals surface area contributed by atoms with Crippen LogP contribution in [0.2, 0.25) is 0 Å². The molecule has 10 heteroatoms. The first-order chi connectivity index (χ1) is 18.1. The lowest BCUT2D eigenvalue weighted by atomic mass is 9.87. The molecule has 3 aromatic rings. The summed E-state index contributed by atoms with van der Waals surface area (Å²) in [4.78, 5) is 9.32. The summed E-state index contributed by atoms with van der Waals surface area (Å²) in [5.74, 6) is 2.07. The number of ether oxygens (including phenoxy) is 1. The molecule has 201 valence electrons. The van der Waals surface area contributed by atoms with Crippen LogP contribution in [0.5, 0.6) is 5.75 Å². The zero-order chi connectivity index (χ0) is 27.4. The number of nitrogens with one attached hydrogen (secondary N) is 3. The van der Waals surface area contributed by atoms with E-state index >= 15 is 0 Å². The number of aryl methyl sites for hydroxylation is 1. The minimum Gasteiger partial charge on any atom is -0.489 e. The molecular formula is C28H36N5O3SSi. The van der Waals surface area contributed by atoms with Gasteiger partial charge in [-0.05, 0) is 107 Å². The second kappa shape index (κ2) is 11.8. The van der Waals surface area contributed by atoms with Crippen LogP contribution >= 0.6 is 0 Å². The van der Waals surface area contributed by atoms with E-state index in [9.17, 15) is 8.42 Å². The van der Waals surface area contributed by atoms with Gasteiger partial charge in [-0.15, -0.1) is 0 Å². The Morgan fingerprint density at radius 2 is 1.76 bits per heavy atom. The van der Waals surface area contributed by atoms with Gasteiger partial charge in [0.1, 0.15) is 11.6 Å². The number of para-hydroxylation sites is 1. The van der Waals surface area contributed by atoms with E-state index in [0.717, 1.165) is 37.4 Å². The summed E-state index contributed by atoms with van der Waals surface area (Å²) in [6.07, 6.45) is 3.84. The molecule has 2 heterocycles. The van der Waals surface area contributed by atoms with Crippen molar-refractivity contribution in [2.75, 3.05) is 23.7 Å². The maximum Gasteiger partial charge on any atom is 0.229 e. The van der Waals surface area contributed by atoms with E-state index in [2.05, 4.69) is 55.2 Å². The predicted octanol–water partition coefficient (Wildman–Crippen LogP) is 4.50. The Hall–Kier alpha value is -2.95. The predicted molar refractivity (Wildman–Crippen MR) is 155 cm³/mol. The molecule has 2 aromatic carbocycles. The van der Waals surface area contributed by atoms with Crippen molar-refractivity contribution in [1.29, 1.82) is 0 Å². The van der Waals surface area contributed by atoms with E-state index < -0.39 is 15.1 Å². The van der Waals surface area contributed by atoms with Crippen LogP contribution in [0.4, 0.5) is 23.1 Å². The highest BCUT2D eigenvalue weighted by molar-refractivity contribution is 7.92. The van der Waals surface area contributed by atoms with Crippen molar-refractivity contribution >= 4 is 48.4 Å². The largest absolute Gasteiger partial charge is 0.489 e. The first-order valence-electron chi connectivity index (χ1n) is 13.0. The molecule has 1 fully saturated rings. The Morgan fingerprint density at radius 3 is 2.45 bits per heavy atom. The molecule has 38 heavy (non-hydrogen) atoms. The summed E-state index contributed by atoms with van der Waals surface area (Å²) in [6.45, 7) is 11.5. The second-order valence-electron chi connectivity index (χ2n) is 10.2. The molecule has 8 nitrogen and oxygen atoms in total. The number of sulfone groups is 1. The highest BCUT2D eigenvalue weighted by Gasteiger charge is 2.23. The number of rotatable bonds is 9. The number of piperidine rings is 1. The van der Waals surface area contributed by atoms with Gasteiger partial charge in [0.15, 0.2) is 9.84 Å². The van der Waals surface area contributed by atoms with Crippen molar-refractivity contribution in [1.82, 2.24) is 15.3 Å². The number of hydrogen-bond acceptors (Lipinski definition) is 8. The maximum atomic E-state index is 12.9. The van der Waals surface area contributed by atoms with Crippen LogP contribution in [0.1, 0.15) is 57.6 Å². The van der Waals surface area contributed by atoms with Gasteiger partial charge in [0, 0.05) is 6.20 Å². The van der Waals surface area contributed by atoms with Gasteiger partial charge >= 0.3 is 0 Å². The minimum absolute atomic E-state index is 0.00120. The van der Waals surface area contributed by atoms with Gasteiger partial charge < -0.3 is 20.7 Å². The number of anilines is 4. The molecule has 0 unspecified atom stereocenters. The topological polar surface area (TPSA) is 105 Å². The third kappa shape index (κ3) is 6.36. The highest BCUT2D eigenvalue weighted by atomic mass is 32.2. The standard InChI is InChI=1S/C28H36N5O3SSi/c1-17(2)36-24-15-21(20-10-12-29-13-11-20)19(5)14-23(24)32-28-30-16-26(38)27(33-28)31-22-8-6-7-9-25(22)37(34,35)18(3)4/h6-9,14-18,20,29H,10-13H2,1-5H3,(H2,30,31,32,33). The molecular weight excluding hydrogens is 514 g/mol. The molecule has 1 aliphatic heterocycles. The summed E-state index contributed by atoms with van der Waals surface area (Å²) in [5.41, 5.74) is 3.74. The number of hydrogen-bond donors (Lipinski definition) is 3. The number of benzene rings is 2. The van der Waals surface area contributed by atoms with Crippen molar-refractivity contribution in [3.05, 3.63) is 53.7 Å². The molecule has 0 bridgehead atoms. The van der Waals surface area contributed by atoms with Gasteiger partial charge in [-0.25, -0.2) is 13.4 Å². The van der Waals surface area contributed by atoms with Gasteiger partial charge in [-0.3, -0.25) is 0 Å².